The highest BCUT2D eigenvalue weighted by Crippen LogP contribution is 2.23. The number of benzene rings is 1. The molecule has 0 aliphatic rings. The number of hydrogen-bond acceptors (Lipinski definition) is 4. The lowest BCUT2D eigenvalue weighted by Gasteiger charge is -2.19. The Bertz CT molecular complexity index is 571. The zero-order valence-corrected chi connectivity index (χ0v) is 10.6. The number of fused-ring (bicyclic) bond motifs is 1. The molecular formula is C12H12FNO2S. The van der Waals surface area contributed by atoms with Crippen molar-refractivity contribution in [3.63, 3.8) is 0 Å². The Labute approximate surface area is 102 Å². The second kappa shape index (κ2) is 4.07. The van der Waals surface area contributed by atoms with E-state index in [1.54, 1.807) is 32.3 Å². The van der Waals surface area contributed by atoms with Crippen molar-refractivity contribution >= 4 is 27.5 Å². The Morgan fingerprint density at radius 1 is 1.41 bits per heavy atom. The molecule has 1 aromatic carbocycles. The summed E-state index contributed by atoms with van der Waals surface area (Å²) < 4.78 is 19.4. The van der Waals surface area contributed by atoms with Gasteiger partial charge in [-0.2, -0.15) is 0 Å². The first-order valence-corrected chi connectivity index (χ1v) is 6.01. The maximum Gasteiger partial charge on any atom is 0.338 e. The van der Waals surface area contributed by atoms with Gasteiger partial charge in [-0.15, -0.1) is 11.3 Å². The molecule has 0 bridgehead atoms. The van der Waals surface area contributed by atoms with E-state index in [0.717, 1.165) is 6.07 Å². The highest BCUT2D eigenvalue weighted by Gasteiger charge is 2.19. The Hall–Kier alpha value is -1.49. The summed E-state index contributed by atoms with van der Waals surface area (Å²) >= 11 is 1.29. The molecule has 0 aliphatic carbocycles. The van der Waals surface area contributed by atoms with Crippen LogP contribution in [0.4, 0.5) is 4.39 Å². The van der Waals surface area contributed by atoms with Crippen molar-refractivity contribution in [2.24, 2.45) is 0 Å². The minimum atomic E-state index is -0.587. The summed E-state index contributed by atoms with van der Waals surface area (Å²) in [7, 11) is 0. The van der Waals surface area contributed by atoms with E-state index in [1.807, 2.05) is 0 Å². The van der Waals surface area contributed by atoms with Crippen LogP contribution >= 0.6 is 11.3 Å². The van der Waals surface area contributed by atoms with Crippen LogP contribution in [0.1, 0.15) is 31.1 Å². The van der Waals surface area contributed by atoms with Gasteiger partial charge in [0.15, 0.2) is 5.82 Å². The average Bonchev–Trinajstić information content (AvgIpc) is 2.63. The standard InChI is InChI=1S/C12H12FNO2S/c1-12(2,3)16-11(15)7-4-8(13)10-9(5-7)17-6-14-10/h4-6H,1-3H3. The topological polar surface area (TPSA) is 39.2 Å². The van der Waals surface area contributed by atoms with Gasteiger partial charge in [-0.1, -0.05) is 0 Å². The highest BCUT2D eigenvalue weighted by atomic mass is 32.1. The third-order valence-corrected chi connectivity index (χ3v) is 2.80. The molecule has 0 spiro atoms. The van der Waals surface area contributed by atoms with Gasteiger partial charge in [-0.05, 0) is 32.9 Å². The summed E-state index contributed by atoms with van der Waals surface area (Å²) in [5, 5.41) is 0. The van der Waals surface area contributed by atoms with E-state index in [1.165, 1.54) is 11.3 Å². The maximum absolute atomic E-state index is 13.6. The molecule has 0 amide bonds. The molecule has 1 aromatic heterocycles. The van der Waals surface area contributed by atoms with Crippen LogP contribution in [0.5, 0.6) is 0 Å². The Morgan fingerprint density at radius 2 is 2.12 bits per heavy atom. The first kappa shape index (κ1) is 12.0. The quantitative estimate of drug-likeness (QED) is 0.731. The van der Waals surface area contributed by atoms with Crippen LogP contribution < -0.4 is 0 Å². The van der Waals surface area contributed by atoms with Gasteiger partial charge < -0.3 is 4.74 Å². The van der Waals surface area contributed by atoms with Crippen molar-refractivity contribution in [1.82, 2.24) is 4.98 Å². The van der Waals surface area contributed by atoms with Crippen LogP contribution in [-0.2, 0) is 4.74 Å². The smallest absolute Gasteiger partial charge is 0.338 e. The second-order valence-electron chi connectivity index (χ2n) is 4.66. The van der Waals surface area contributed by atoms with Crippen molar-refractivity contribution in [2.75, 3.05) is 0 Å². The van der Waals surface area contributed by atoms with Crippen molar-refractivity contribution in [3.8, 4) is 0 Å². The summed E-state index contributed by atoms with van der Waals surface area (Å²) in [5.74, 6) is -1.02. The fourth-order valence-electron chi connectivity index (χ4n) is 1.38. The Balaban J connectivity index is 2.39. The predicted octanol–water partition coefficient (Wildman–Crippen LogP) is 3.39. The number of carbonyl (C=O) groups is 1. The van der Waals surface area contributed by atoms with Crippen LogP contribution in [0.25, 0.3) is 10.2 Å². The number of hydrogen-bond donors (Lipinski definition) is 0. The molecule has 0 fully saturated rings. The van der Waals surface area contributed by atoms with E-state index < -0.39 is 17.4 Å². The lowest BCUT2D eigenvalue weighted by Crippen LogP contribution is -2.23. The van der Waals surface area contributed by atoms with Crippen molar-refractivity contribution in [1.29, 1.82) is 0 Å². The summed E-state index contributed by atoms with van der Waals surface area (Å²) in [6, 6.07) is 2.76. The van der Waals surface area contributed by atoms with Gasteiger partial charge in [-0.25, -0.2) is 14.2 Å². The summed E-state index contributed by atoms with van der Waals surface area (Å²) in [6.45, 7) is 5.31. The molecule has 3 nitrogen and oxygen atoms in total. The Kier molecular flexibility index (Phi) is 2.87. The van der Waals surface area contributed by atoms with Gasteiger partial charge in [0, 0.05) is 0 Å². The predicted molar refractivity (Wildman–Crippen MR) is 64.7 cm³/mol. The van der Waals surface area contributed by atoms with Crippen LogP contribution in [0, 0.1) is 5.82 Å². The SMILES string of the molecule is CC(C)(C)OC(=O)c1cc(F)c2ncsc2c1. The van der Waals surface area contributed by atoms with E-state index in [-0.39, 0.29) is 5.56 Å². The molecule has 2 aromatic rings. The number of carbonyl (C=O) groups excluding carboxylic acids is 1. The molecule has 2 rings (SSSR count). The van der Waals surface area contributed by atoms with Gasteiger partial charge in [0.2, 0.25) is 0 Å². The zero-order valence-electron chi connectivity index (χ0n) is 9.78. The van der Waals surface area contributed by atoms with E-state index >= 15 is 0 Å². The summed E-state index contributed by atoms with van der Waals surface area (Å²) in [5.41, 5.74) is 1.47. The molecule has 5 heteroatoms. The van der Waals surface area contributed by atoms with Gasteiger partial charge in [0.25, 0.3) is 0 Å². The van der Waals surface area contributed by atoms with Crippen LogP contribution in [0.2, 0.25) is 0 Å². The Morgan fingerprint density at radius 3 is 2.76 bits per heavy atom. The number of nitrogens with zero attached hydrogens (tertiary/aromatic N) is 1. The lowest BCUT2D eigenvalue weighted by molar-refractivity contribution is 0.00693. The third kappa shape index (κ3) is 2.61. The van der Waals surface area contributed by atoms with E-state index in [0.29, 0.717) is 10.2 Å². The molecule has 0 radical (unpaired) electrons. The molecule has 17 heavy (non-hydrogen) atoms. The van der Waals surface area contributed by atoms with Gasteiger partial charge >= 0.3 is 5.97 Å². The minimum absolute atomic E-state index is 0.217. The van der Waals surface area contributed by atoms with Crippen LogP contribution in [-0.4, -0.2) is 16.6 Å². The number of halogens is 1. The molecule has 0 aliphatic heterocycles. The fourth-order valence-corrected chi connectivity index (χ4v) is 2.11. The molecule has 0 unspecified atom stereocenters. The molecule has 0 saturated heterocycles. The van der Waals surface area contributed by atoms with Gasteiger partial charge in [0.05, 0.1) is 15.8 Å². The zero-order chi connectivity index (χ0) is 12.6. The molecule has 1 heterocycles. The number of thiazole rings is 1. The van der Waals surface area contributed by atoms with Crippen LogP contribution in [0.15, 0.2) is 17.6 Å². The number of aromatic nitrogens is 1. The van der Waals surface area contributed by atoms with E-state index in [2.05, 4.69) is 4.98 Å². The van der Waals surface area contributed by atoms with Gasteiger partial charge in [-0.3, -0.25) is 0 Å². The number of esters is 1. The first-order chi connectivity index (χ1) is 7.87. The van der Waals surface area contributed by atoms with E-state index in [4.69, 9.17) is 4.74 Å². The minimum Gasteiger partial charge on any atom is -0.456 e. The molecule has 0 saturated carbocycles. The average molecular weight is 253 g/mol. The monoisotopic (exact) mass is 253 g/mol. The van der Waals surface area contributed by atoms with Crippen molar-refractivity contribution in [2.45, 2.75) is 26.4 Å². The normalized spacial score (nSPS) is 11.8. The second-order valence-corrected chi connectivity index (χ2v) is 5.55. The highest BCUT2D eigenvalue weighted by molar-refractivity contribution is 7.16. The molecular weight excluding hydrogens is 241 g/mol. The third-order valence-electron chi connectivity index (χ3n) is 2.02. The summed E-state index contributed by atoms with van der Waals surface area (Å²) in [6.07, 6.45) is 0. The van der Waals surface area contributed by atoms with Crippen molar-refractivity contribution < 1.29 is 13.9 Å². The molecule has 0 N–H and O–H groups in total. The fraction of sp³-hybridized carbons (Fsp3) is 0.333. The maximum atomic E-state index is 13.6. The van der Waals surface area contributed by atoms with E-state index in [9.17, 15) is 9.18 Å². The number of rotatable bonds is 1. The number of ether oxygens (including phenoxy) is 1. The van der Waals surface area contributed by atoms with Crippen molar-refractivity contribution in [3.05, 3.63) is 29.0 Å². The first-order valence-electron chi connectivity index (χ1n) is 5.13. The van der Waals surface area contributed by atoms with Gasteiger partial charge in [0.1, 0.15) is 11.1 Å². The van der Waals surface area contributed by atoms with Crippen LogP contribution in [0.3, 0.4) is 0 Å². The molecule has 0 atom stereocenters. The molecule has 90 valence electrons. The largest absolute Gasteiger partial charge is 0.456 e. The lowest BCUT2D eigenvalue weighted by atomic mass is 10.1. The summed E-state index contributed by atoms with van der Waals surface area (Å²) in [4.78, 5) is 15.7.